The van der Waals surface area contributed by atoms with Crippen LogP contribution < -0.4 is 0 Å². The van der Waals surface area contributed by atoms with Crippen LogP contribution in [0.4, 0.5) is 0 Å². The SMILES string of the molecule is CCC[SiH](OCC1CO1)OC(OCC)OCC. The zero-order valence-electron chi connectivity index (χ0n) is 11.0. The van der Waals surface area contributed by atoms with Gasteiger partial charge in [-0.15, -0.1) is 0 Å². The Balaban J connectivity index is 2.26. The predicted molar refractivity (Wildman–Crippen MR) is 66.1 cm³/mol. The van der Waals surface area contributed by atoms with Gasteiger partial charge in [-0.1, -0.05) is 13.3 Å². The molecule has 0 radical (unpaired) electrons. The Kier molecular flexibility index (Phi) is 7.99. The van der Waals surface area contributed by atoms with Crippen LogP contribution in [0.3, 0.4) is 0 Å². The molecule has 5 nitrogen and oxygen atoms in total. The molecule has 2 atom stereocenters. The normalized spacial score (nSPS) is 20.8. The average molecular weight is 264 g/mol. The number of hydrogen-bond donors (Lipinski definition) is 0. The second-order valence-corrected chi connectivity index (χ2v) is 5.88. The summed E-state index contributed by atoms with van der Waals surface area (Å²) in [5.41, 5.74) is 0. The molecule has 0 amide bonds. The van der Waals surface area contributed by atoms with Crippen molar-refractivity contribution >= 4 is 9.28 Å². The van der Waals surface area contributed by atoms with Gasteiger partial charge in [0.1, 0.15) is 6.10 Å². The van der Waals surface area contributed by atoms with Crippen LogP contribution in [-0.2, 0) is 23.1 Å². The fourth-order valence-electron chi connectivity index (χ4n) is 1.33. The zero-order chi connectivity index (χ0) is 12.5. The first-order valence-electron chi connectivity index (χ1n) is 6.41. The molecular weight excluding hydrogens is 240 g/mol. The summed E-state index contributed by atoms with van der Waals surface area (Å²) in [5, 5.41) is 0. The molecule has 0 aromatic heterocycles. The fraction of sp³-hybridized carbons (Fsp3) is 1.00. The molecule has 1 saturated heterocycles. The quantitative estimate of drug-likeness (QED) is 0.321. The summed E-state index contributed by atoms with van der Waals surface area (Å²) in [4.78, 5) is 0. The van der Waals surface area contributed by atoms with Gasteiger partial charge in [-0.2, -0.15) is 0 Å². The maximum Gasteiger partial charge on any atom is 0.326 e. The van der Waals surface area contributed by atoms with Gasteiger partial charge in [0.05, 0.1) is 13.2 Å². The van der Waals surface area contributed by atoms with Crippen LogP contribution in [0.15, 0.2) is 0 Å². The van der Waals surface area contributed by atoms with E-state index < -0.39 is 15.8 Å². The number of ether oxygens (including phenoxy) is 3. The molecule has 1 fully saturated rings. The molecule has 0 aromatic carbocycles. The first-order valence-corrected chi connectivity index (χ1v) is 8.17. The van der Waals surface area contributed by atoms with Gasteiger partial charge < -0.3 is 23.1 Å². The van der Waals surface area contributed by atoms with E-state index in [-0.39, 0.29) is 6.10 Å². The van der Waals surface area contributed by atoms with Crippen LogP contribution in [0.1, 0.15) is 27.2 Å². The highest BCUT2D eigenvalue weighted by Crippen LogP contribution is 2.13. The maximum absolute atomic E-state index is 5.77. The smallest absolute Gasteiger partial charge is 0.326 e. The predicted octanol–water partition coefficient (Wildman–Crippen LogP) is 1.41. The third-order valence-corrected chi connectivity index (χ3v) is 4.40. The fourth-order valence-corrected chi connectivity index (χ4v) is 3.02. The van der Waals surface area contributed by atoms with Gasteiger partial charge in [0, 0.05) is 13.2 Å². The molecule has 102 valence electrons. The van der Waals surface area contributed by atoms with Crippen LogP contribution in [0, 0.1) is 0 Å². The van der Waals surface area contributed by atoms with E-state index in [0.29, 0.717) is 19.8 Å². The van der Waals surface area contributed by atoms with Crippen molar-refractivity contribution in [2.24, 2.45) is 0 Å². The van der Waals surface area contributed by atoms with Gasteiger partial charge in [0.2, 0.25) is 0 Å². The molecule has 17 heavy (non-hydrogen) atoms. The molecule has 0 N–H and O–H groups in total. The van der Waals surface area contributed by atoms with Gasteiger partial charge in [0.25, 0.3) is 6.48 Å². The number of rotatable bonds is 11. The lowest BCUT2D eigenvalue weighted by Crippen LogP contribution is -2.33. The lowest BCUT2D eigenvalue weighted by molar-refractivity contribution is -0.250. The van der Waals surface area contributed by atoms with Crippen LogP contribution in [0.5, 0.6) is 0 Å². The lowest BCUT2D eigenvalue weighted by atomic mass is 10.5. The van der Waals surface area contributed by atoms with Crippen molar-refractivity contribution in [3.05, 3.63) is 0 Å². The number of epoxide rings is 1. The highest BCUT2D eigenvalue weighted by Gasteiger charge is 2.26. The van der Waals surface area contributed by atoms with E-state index in [0.717, 1.165) is 19.1 Å². The van der Waals surface area contributed by atoms with Gasteiger partial charge in [-0.05, 0) is 19.9 Å². The Hall–Kier alpha value is 0.0169. The largest absolute Gasteiger partial charge is 0.394 e. The molecule has 0 spiro atoms. The van der Waals surface area contributed by atoms with Gasteiger partial charge in [0.15, 0.2) is 0 Å². The molecule has 6 heteroatoms. The highest BCUT2D eigenvalue weighted by atomic mass is 28.3. The van der Waals surface area contributed by atoms with Crippen molar-refractivity contribution in [1.82, 2.24) is 0 Å². The molecule has 0 aliphatic carbocycles. The standard InChI is InChI=1S/C11H24O5Si/c1-4-7-17(15-9-10-8-14-10)16-11(12-5-2)13-6-3/h10-11,17H,4-9H2,1-3H3. The van der Waals surface area contributed by atoms with E-state index in [4.69, 9.17) is 23.1 Å². The zero-order valence-corrected chi connectivity index (χ0v) is 12.2. The van der Waals surface area contributed by atoms with Crippen molar-refractivity contribution in [2.45, 2.75) is 45.8 Å². The summed E-state index contributed by atoms with van der Waals surface area (Å²) in [7, 11) is -1.70. The minimum absolute atomic E-state index is 0.281. The molecular formula is C11H24O5Si. The third-order valence-electron chi connectivity index (χ3n) is 2.26. The third kappa shape index (κ3) is 7.12. The molecule has 2 unspecified atom stereocenters. The van der Waals surface area contributed by atoms with Crippen molar-refractivity contribution in [2.75, 3.05) is 26.4 Å². The lowest BCUT2D eigenvalue weighted by Gasteiger charge is -2.23. The molecule has 1 rings (SSSR count). The Morgan fingerprint density at radius 1 is 1.24 bits per heavy atom. The number of hydrogen-bond acceptors (Lipinski definition) is 5. The summed E-state index contributed by atoms with van der Waals surface area (Å²) in [6.45, 7) is 7.99. The van der Waals surface area contributed by atoms with Crippen LogP contribution in [0.25, 0.3) is 0 Å². The van der Waals surface area contributed by atoms with Gasteiger partial charge in [-0.25, -0.2) is 0 Å². The first-order chi connectivity index (χ1) is 8.30. The van der Waals surface area contributed by atoms with E-state index in [9.17, 15) is 0 Å². The first kappa shape index (κ1) is 15.1. The van der Waals surface area contributed by atoms with Crippen LogP contribution >= 0.6 is 0 Å². The molecule has 0 saturated carbocycles. The molecule has 1 aliphatic rings. The summed E-state index contributed by atoms with van der Waals surface area (Å²) in [5.74, 6) is 0. The summed E-state index contributed by atoms with van der Waals surface area (Å²) in [6.07, 6.45) is 1.33. The van der Waals surface area contributed by atoms with E-state index in [2.05, 4.69) is 6.92 Å². The minimum Gasteiger partial charge on any atom is -0.394 e. The van der Waals surface area contributed by atoms with Crippen molar-refractivity contribution in [3.8, 4) is 0 Å². The van der Waals surface area contributed by atoms with Crippen LogP contribution in [-0.4, -0.2) is 48.3 Å². The Labute approximate surface area is 105 Å². The molecule has 1 heterocycles. The Bertz CT molecular complexity index is 183. The second kappa shape index (κ2) is 9.01. The van der Waals surface area contributed by atoms with E-state index in [1.807, 2.05) is 13.8 Å². The van der Waals surface area contributed by atoms with E-state index in [1.54, 1.807) is 0 Å². The monoisotopic (exact) mass is 264 g/mol. The van der Waals surface area contributed by atoms with Crippen molar-refractivity contribution < 1.29 is 23.1 Å². The van der Waals surface area contributed by atoms with Crippen LogP contribution in [0.2, 0.25) is 6.04 Å². The Morgan fingerprint density at radius 2 is 1.88 bits per heavy atom. The Morgan fingerprint density at radius 3 is 2.35 bits per heavy atom. The summed E-state index contributed by atoms with van der Waals surface area (Å²) in [6, 6.07) is 0.962. The second-order valence-electron chi connectivity index (χ2n) is 3.84. The molecule has 0 aromatic rings. The van der Waals surface area contributed by atoms with E-state index >= 15 is 0 Å². The summed E-state index contributed by atoms with van der Waals surface area (Å²) >= 11 is 0. The van der Waals surface area contributed by atoms with E-state index in [1.165, 1.54) is 0 Å². The average Bonchev–Trinajstić information content (AvgIpc) is 3.10. The topological polar surface area (TPSA) is 49.5 Å². The molecule has 1 aliphatic heterocycles. The highest BCUT2D eigenvalue weighted by molar-refractivity contribution is 6.44. The maximum atomic E-state index is 5.77. The van der Waals surface area contributed by atoms with Gasteiger partial charge >= 0.3 is 9.28 Å². The van der Waals surface area contributed by atoms with Gasteiger partial charge in [-0.3, -0.25) is 0 Å². The van der Waals surface area contributed by atoms with Crippen molar-refractivity contribution in [1.29, 1.82) is 0 Å². The minimum atomic E-state index is -1.70. The van der Waals surface area contributed by atoms with Crippen molar-refractivity contribution in [3.63, 3.8) is 0 Å². The summed E-state index contributed by atoms with van der Waals surface area (Å²) < 4.78 is 27.4. The molecule has 0 bridgehead atoms.